The van der Waals surface area contributed by atoms with Gasteiger partial charge in [-0.05, 0) is 49.7 Å². The van der Waals surface area contributed by atoms with Crippen LogP contribution in [0.2, 0.25) is 0 Å². The van der Waals surface area contributed by atoms with Crippen LogP contribution in [0.3, 0.4) is 0 Å². The molecule has 1 aromatic carbocycles. The molecule has 0 saturated heterocycles. The Kier molecular flexibility index (Phi) is 3.77. The summed E-state index contributed by atoms with van der Waals surface area (Å²) in [5.74, 6) is -0.185. The minimum absolute atomic E-state index is 0.148. The van der Waals surface area contributed by atoms with Crippen molar-refractivity contribution in [1.29, 1.82) is 0 Å². The minimum atomic E-state index is -0.185. The molecule has 0 spiro atoms. The summed E-state index contributed by atoms with van der Waals surface area (Å²) in [6.45, 7) is 1.93. The Hall–Kier alpha value is -1.68. The van der Waals surface area contributed by atoms with E-state index in [1.807, 2.05) is 39.3 Å². The molecular weight excluding hydrogens is 229 g/mol. The minimum Gasteiger partial charge on any atom is -0.311 e. The molecule has 0 saturated carbocycles. The van der Waals surface area contributed by atoms with Crippen LogP contribution >= 0.6 is 0 Å². The fourth-order valence-electron chi connectivity index (χ4n) is 2.08. The predicted octanol–water partition coefficient (Wildman–Crippen LogP) is 2.37. The van der Waals surface area contributed by atoms with Crippen LogP contribution < -0.4 is 5.32 Å². The summed E-state index contributed by atoms with van der Waals surface area (Å²) in [5.41, 5.74) is 3.12. The van der Waals surface area contributed by atoms with Crippen molar-refractivity contribution in [1.82, 2.24) is 15.1 Å². The van der Waals surface area contributed by atoms with Gasteiger partial charge in [-0.1, -0.05) is 6.07 Å². The maximum Gasteiger partial charge on any atom is 0.123 e. The van der Waals surface area contributed by atoms with E-state index in [9.17, 15) is 4.39 Å². The Morgan fingerprint density at radius 2 is 2.17 bits per heavy atom. The third-order valence-electron chi connectivity index (χ3n) is 3.17. The van der Waals surface area contributed by atoms with Gasteiger partial charge in [0.1, 0.15) is 5.82 Å². The van der Waals surface area contributed by atoms with Gasteiger partial charge in [0.2, 0.25) is 0 Å². The lowest BCUT2D eigenvalue weighted by Gasteiger charge is -2.15. The average Bonchev–Trinajstić information content (AvgIpc) is 2.75. The van der Waals surface area contributed by atoms with Gasteiger partial charge in [-0.2, -0.15) is 5.10 Å². The van der Waals surface area contributed by atoms with Crippen LogP contribution in [0.5, 0.6) is 0 Å². The number of aryl methyl sites for hydroxylation is 2. The Bertz CT molecular complexity index is 534. The third-order valence-corrected chi connectivity index (χ3v) is 3.17. The summed E-state index contributed by atoms with van der Waals surface area (Å²) in [6.07, 6.45) is 2.73. The molecule has 1 atom stereocenters. The number of halogens is 1. The van der Waals surface area contributed by atoms with Crippen LogP contribution in [0.15, 0.2) is 30.5 Å². The normalized spacial score (nSPS) is 12.7. The second-order valence-corrected chi connectivity index (χ2v) is 4.53. The molecule has 4 heteroatoms. The van der Waals surface area contributed by atoms with E-state index in [1.54, 1.807) is 10.7 Å². The SMILES string of the molecule is CNC(Cc1ccc(F)cc1C)c1ccn(C)n1. The molecule has 1 heterocycles. The van der Waals surface area contributed by atoms with Crippen molar-refractivity contribution in [2.24, 2.45) is 7.05 Å². The summed E-state index contributed by atoms with van der Waals surface area (Å²) in [7, 11) is 3.82. The molecule has 1 unspecified atom stereocenters. The highest BCUT2D eigenvalue weighted by Gasteiger charge is 2.14. The number of rotatable bonds is 4. The molecule has 96 valence electrons. The quantitative estimate of drug-likeness (QED) is 0.899. The Morgan fingerprint density at radius 3 is 2.72 bits per heavy atom. The number of nitrogens with one attached hydrogen (secondary N) is 1. The van der Waals surface area contributed by atoms with Crippen molar-refractivity contribution in [2.75, 3.05) is 7.05 Å². The number of hydrogen-bond donors (Lipinski definition) is 1. The zero-order valence-corrected chi connectivity index (χ0v) is 10.9. The molecule has 1 N–H and O–H groups in total. The molecule has 2 rings (SSSR count). The Labute approximate surface area is 107 Å². The molecule has 3 nitrogen and oxygen atoms in total. The molecule has 0 bridgehead atoms. The monoisotopic (exact) mass is 247 g/mol. The van der Waals surface area contributed by atoms with Crippen LogP contribution in [-0.2, 0) is 13.5 Å². The number of likely N-dealkylation sites (N-methyl/N-ethyl adjacent to an activating group) is 1. The van der Waals surface area contributed by atoms with Crippen molar-refractivity contribution in [2.45, 2.75) is 19.4 Å². The summed E-state index contributed by atoms with van der Waals surface area (Å²) >= 11 is 0. The van der Waals surface area contributed by atoms with E-state index in [0.29, 0.717) is 0 Å². The highest BCUT2D eigenvalue weighted by Crippen LogP contribution is 2.19. The second-order valence-electron chi connectivity index (χ2n) is 4.53. The zero-order chi connectivity index (χ0) is 13.1. The van der Waals surface area contributed by atoms with Crippen LogP contribution in [0.25, 0.3) is 0 Å². The van der Waals surface area contributed by atoms with Crippen molar-refractivity contribution >= 4 is 0 Å². The molecular formula is C14H18FN3. The summed E-state index contributed by atoms with van der Waals surface area (Å²) in [5, 5.41) is 7.66. The van der Waals surface area contributed by atoms with Crippen molar-refractivity contribution in [3.8, 4) is 0 Å². The molecule has 1 aromatic heterocycles. The first-order valence-electron chi connectivity index (χ1n) is 6.02. The third kappa shape index (κ3) is 2.76. The number of nitrogens with zero attached hydrogens (tertiary/aromatic N) is 2. The van der Waals surface area contributed by atoms with E-state index >= 15 is 0 Å². The van der Waals surface area contributed by atoms with E-state index < -0.39 is 0 Å². The Morgan fingerprint density at radius 1 is 1.39 bits per heavy atom. The summed E-state index contributed by atoms with van der Waals surface area (Å²) < 4.78 is 14.9. The van der Waals surface area contributed by atoms with Crippen molar-refractivity contribution < 1.29 is 4.39 Å². The molecule has 18 heavy (non-hydrogen) atoms. The molecule has 0 fully saturated rings. The van der Waals surface area contributed by atoms with E-state index in [-0.39, 0.29) is 11.9 Å². The average molecular weight is 247 g/mol. The van der Waals surface area contributed by atoms with E-state index in [4.69, 9.17) is 0 Å². The van der Waals surface area contributed by atoms with Gasteiger partial charge in [-0.15, -0.1) is 0 Å². The molecule has 0 aliphatic carbocycles. The van der Waals surface area contributed by atoms with E-state index in [0.717, 1.165) is 23.2 Å². The maximum absolute atomic E-state index is 13.1. The van der Waals surface area contributed by atoms with Gasteiger partial charge >= 0.3 is 0 Å². The molecule has 0 aliphatic heterocycles. The highest BCUT2D eigenvalue weighted by atomic mass is 19.1. The fraction of sp³-hybridized carbons (Fsp3) is 0.357. The first-order chi connectivity index (χ1) is 8.60. The summed E-state index contributed by atoms with van der Waals surface area (Å²) in [6, 6.07) is 7.07. The maximum atomic E-state index is 13.1. The van der Waals surface area contributed by atoms with Gasteiger partial charge in [0, 0.05) is 13.2 Å². The smallest absolute Gasteiger partial charge is 0.123 e. The molecule has 0 radical (unpaired) electrons. The summed E-state index contributed by atoms with van der Waals surface area (Å²) in [4.78, 5) is 0. The molecule has 0 amide bonds. The van der Waals surface area contributed by atoms with Gasteiger partial charge in [0.05, 0.1) is 11.7 Å². The first kappa shape index (κ1) is 12.8. The predicted molar refractivity (Wildman–Crippen MR) is 69.8 cm³/mol. The Balaban J connectivity index is 2.20. The number of hydrogen-bond acceptors (Lipinski definition) is 2. The first-order valence-corrected chi connectivity index (χ1v) is 6.02. The van der Waals surface area contributed by atoms with Gasteiger partial charge < -0.3 is 5.32 Å². The van der Waals surface area contributed by atoms with Crippen molar-refractivity contribution in [3.63, 3.8) is 0 Å². The standard InChI is InChI=1S/C14H18FN3/c1-10-8-12(15)5-4-11(10)9-14(16-2)13-6-7-18(3)17-13/h4-8,14,16H,9H2,1-3H3. The fourth-order valence-corrected chi connectivity index (χ4v) is 2.08. The van der Waals surface area contributed by atoms with Gasteiger partial charge in [-0.25, -0.2) is 4.39 Å². The van der Waals surface area contributed by atoms with Crippen LogP contribution in [-0.4, -0.2) is 16.8 Å². The number of aromatic nitrogens is 2. The lowest BCUT2D eigenvalue weighted by molar-refractivity contribution is 0.560. The topological polar surface area (TPSA) is 29.9 Å². The van der Waals surface area contributed by atoms with Crippen LogP contribution in [0.4, 0.5) is 4.39 Å². The van der Waals surface area contributed by atoms with Gasteiger partial charge in [0.15, 0.2) is 0 Å². The number of benzene rings is 1. The van der Waals surface area contributed by atoms with Gasteiger partial charge in [0.25, 0.3) is 0 Å². The van der Waals surface area contributed by atoms with Gasteiger partial charge in [-0.3, -0.25) is 4.68 Å². The molecule has 0 aliphatic rings. The zero-order valence-electron chi connectivity index (χ0n) is 10.9. The van der Waals surface area contributed by atoms with E-state index in [1.165, 1.54) is 6.07 Å². The largest absolute Gasteiger partial charge is 0.311 e. The molecule has 2 aromatic rings. The van der Waals surface area contributed by atoms with Crippen LogP contribution in [0, 0.1) is 12.7 Å². The van der Waals surface area contributed by atoms with E-state index in [2.05, 4.69) is 10.4 Å². The van der Waals surface area contributed by atoms with Crippen LogP contribution in [0.1, 0.15) is 22.9 Å². The highest BCUT2D eigenvalue weighted by molar-refractivity contribution is 5.28. The van der Waals surface area contributed by atoms with Crippen molar-refractivity contribution in [3.05, 3.63) is 53.1 Å². The lowest BCUT2D eigenvalue weighted by atomic mass is 9.99. The lowest BCUT2D eigenvalue weighted by Crippen LogP contribution is -2.20. The second kappa shape index (κ2) is 5.31.